The lowest BCUT2D eigenvalue weighted by Gasteiger charge is -2.21. The van der Waals surface area contributed by atoms with E-state index < -0.39 is 5.41 Å². The number of fused-ring (bicyclic) bond motifs is 1. The Labute approximate surface area is 223 Å². The quantitative estimate of drug-likeness (QED) is 0.212. The van der Waals surface area contributed by atoms with Gasteiger partial charge in [-0.05, 0) is 54.1 Å². The summed E-state index contributed by atoms with van der Waals surface area (Å²) in [5, 5.41) is 5.09. The van der Waals surface area contributed by atoms with Crippen molar-refractivity contribution in [1.82, 2.24) is 9.66 Å². The summed E-state index contributed by atoms with van der Waals surface area (Å²) in [5.74, 6) is 1.24. The van der Waals surface area contributed by atoms with Gasteiger partial charge in [-0.15, -0.1) is 0 Å². The highest BCUT2D eigenvalue weighted by Crippen LogP contribution is 2.25. The summed E-state index contributed by atoms with van der Waals surface area (Å²) in [6, 6.07) is 19.2. The lowest BCUT2D eigenvalue weighted by atomic mass is 9.95. The van der Waals surface area contributed by atoms with Crippen LogP contribution in [0.15, 0.2) is 84.0 Å². The largest absolute Gasteiger partial charge is 0.488 e. The minimum Gasteiger partial charge on any atom is -0.488 e. The summed E-state index contributed by atoms with van der Waals surface area (Å²) >= 11 is 10.4. The minimum atomic E-state index is -0.393. The first-order chi connectivity index (χ1) is 16.1. The molecule has 174 valence electrons. The fraction of sp³-hybridized carbons (Fsp3) is 0.192. The summed E-state index contributed by atoms with van der Waals surface area (Å²) in [7, 11) is 0. The van der Waals surface area contributed by atoms with E-state index in [2.05, 4.69) is 52.9 Å². The Morgan fingerprint density at radius 3 is 2.29 bits per heavy atom. The third-order valence-electron chi connectivity index (χ3n) is 5.07. The first kappa shape index (κ1) is 24.8. The van der Waals surface area contributed by atoms with Crippen molar-refractivity contribution in [3.05, 3.63) is 101 Å². The molecule has 0 saturated carbocycles. The monoisotopic (exact) mass is 645 g/mol. The van der Waals surface area contributed by atoms with Crippen LogP contribution < -0.4 is 10.3 Å². The Morgan fingerprint density at radius 2 is 1.59 bits per heavy atom. The minimum absolute atomic E-state index is 0.222. The van der Waals surface area contributed by atoms with Crippen LogP contribution in [0.2, 0.25) is 0 Å². The van der Waals surface area contributed by atoms with E-state index in [9.17, 15) is 4.79 Å². The van der Waals surface area contributed by atoms with Gasteiger partial charge in [0.15, 0.2) is 0 Å². The van der Waals surface area contributed by atoms with Crippen molar-refractivity contribution < 1.29 is 4.74 Å². The van der Waals surface area contributed by atoms with E-state index in [0.29, 0.717) is 29.1 Å². The van der Waals surface area contributed by atoms with Gasteiger partial charge in [0.1, 0.15) is 18.2 Å². The van der Waals surface area contributed by atoms with Crippen LogP contribution in [-0.2, 0) is 12.0 Å². The van der Waals surface area contributed by atoms with E-state index >= 15 is 0 Å². The fourth-order valence-electron chi connectivity index (χ4n) is 3.35. The molecule has 4 rings (SSSR count). The molecule has 34 heavy (non-hydrogen) atoms. The number of halogens is 3. The topological polar surface area (TPSA) is 56.5 Å². The van der Waals surface area contributed by atoms with Crippen molar-refractivity contribution in [2.75, 3.05) is 0 Å². The molecule has 0 aliphatic heterocycles. The van der Waals surface area contributed by atoms with Crippen LogP contribution in [0.25, 0.3) is 10.9 Å². The van der Waals surface area contributed by atoms with Gasteiger partial charge in [-0.25, -0.2) is 4.98 Å². The van der Waals surface area contributed by atoms with E-state index in [-0.39, 0.29) is 5.56 Å². The molecule has 0 radical (unpaired) electrons. The Morgan fingerprint density at radius 1 is 0.941 bits per heavy atom. The predicted molar refractivity (Wildman–Crippen MR) is 148 cm³/mol. The van der Waals surface area contributed by atoms with Crippen LogP contribution in [0.4, 0.5) is 0 Å². The molecule has 0 saturated heterocycles. The van der Waals surface area contributed by atoms with Gasteiger partial charge in [-0.3, -0.25) is 4.79 Å². The maximum Gasteiger partial charge on any atom is 0.282 e. The number of hydrogen-bond acceptors (Lipinski definition) is 4. The van der Waals surface area contributed by atoms with Crippen LogP contribution in [0.1, 0.15) is 37.7 Å². The normalized spacial score (nSPS) is 11.9. The SMILES string of the molecule is CC(C)(C)c1nc2ccc(Br)cc2c(=O)n1N=Cc1cc(Br)ccc1OCc1ccc(Br)cc1. The highest BCUT2D eigenvalue weighted by atomic mass is 79.9. The standard InChI is InChI=1S/C26H22Br3N3O2/c1-26(2,3)25-31-22-10-8-20(29)13-21(22)24(33)32(25)30-14-17-12-19(28)9-11-23(17)34-15-16-4-6-18(27)7-5-16/h4-14H,15H2,1-3H3. The molecular formula is C26H22Br3N3O2. The third-order valence-corrected chi connectivity index (χ3v) is 6.59. The number of benzene rings is 3. The van der Waals surface area contributed by atoms with E-state index in [4.69, 9.17) is 9.72 Å². The number of rotatable bonds is 5. The molecule has 0 fully saturated rings. The Hall–Kier alpha value is -2.29. The smallest absolute Gasteiger partial charge is 0.282 e. The van der Waals surface area contributed by atoms with Crippen LogP contribution in [0.5, 0.6) is 5.75 Å². The van der Waals surface area contributed by atoms with E-state index in [0.717, 1.165) is 24.5 Å². The molecule has 1 heterocycles. The van der Waals surface area contributed by atoms with Crippen LogP contribution in [0, 0.1) is 0 Å². The molecule has 8 heteroatoms. The Kier molecular flexibility index (Phi) is 7.40. The van der Waals surface area contributed by atoms with Gasteiger partial charge >= 0.3 is 0 Å². The molecule has 5 nitrogen and oxygen atoms in total. The van der Waals surface area contributed by atoms with E-state index in [1.54, 1.807) is 12.3 Å². The molecule has 0 bridgehead atoms. The van der Waals surface area contributed by atoms with Crippen molar-refractivity contribution in [3.63, 3.8) is 0 Å². The van der Waals surface area contributed by atoms with Gasteiger partial charge in [0.25, 0.3) is 5.56 Å². The molecule has 0 aliphatic carbocycles. The number of hydrogen-bond donors (Lipinski definition) is 0. The zero-order chi connectivity index (χ0) is 24.5. The van der Waals surface area contributed by atoms with Crippen molar-refractivity contribution in [1.29, 1.82) is 0 Å². The molecule has 0 atom stereocenters. The van der Waals surface area contributed by atoms with Crippen LogP contribution >= 0.6 is 47.8 Å². The van der Waals surface area contributed by atoms with Gasteiger partial charge in [-0.1, -0.05) is 80.7 Å². The molecule has 1 aromatic heterocycles. The molecule has 0 spiro atoms. The van der Waals surface area contributed by atoms with Gasteiger partial charge in [0.2, 0.25) is 0 Å². The van der Waals surface area contributed by atoms with Crippen molar-refractivity contribution in [3.8, 4) is 5.75 Å². The second-order valence-electron chi connectivity index (χ2n) is 8.81. The van der Waals surface area contributed by atoms with Gasteiger partial charge in [0, 0.05) is 24.4 Å². The molecular weight excluding hydrogens is 626 g/mol. The highest BCUT2D eigenvalue weighted by molar-refractivity contribution is 9.11. The molecule has 3 aromatic carbocycles. The maximum atomic E-state index is 13.4. The van der Waals surface area contributed by atoms with Crippen LogP contribution in [0.3, 0.4) is 0 Å². The van der Waals surface area contributed by atoms with Crippen LogP contribution in [-0.4, -0.2) is 15.9 Å². The average molecular weight is 648 g/mol. The van der Waals surface area contributed by atoms with Crippen molar-refractivity contribution in [2.24, 2.45) is 5.10 Å². The molecule has 4 aromatic rings. The highest BCUT2D eigenvalue weighted by Gasteiger charge is 2.23. The zero-order valence-corrected chi connectivity index (χ0v) is 23.6. The second kappa shape index (κ2) is 10.1. The second-order valence-corrected chi connectivity index (χ2v) is 11.6. The fourth-order valence-corrected chi connectivity index (χ4v) is 4.36. The lowest BCUT2D eigenvalue weighted by molar-refractivity contribution is 0.305. The first-order valence-electron chi connectivity index (χ1n) is 10.6. The van der Waals surface area contributed by atoms with E-state index in [1.807, 2.05) is 75.4 Å². The number of ether oxygens (including phenoxy) is 1. The summed E-state index contributed by atoms with van der Waals surface area (Å²) in [5.41, 5.74) is 1.82. The maximum absolute atomic E-state index is 13.4. The lowest BCUT2D eigenvalue weighted by Crippen LogP contribution is -2.29. The first-order valence-corrected chi connectivity index (χ1v) is 12.9. The average Bonchev–Trinajstić information content (AvgIpc) is 2.78. The Balaban J connectivity index is 1.75. The number of nitrogens with zero attached hydrogens (tertiary/aromatic N) is 3. The van der Waals surface area contributed by atoms with Gasteiger partial charge < -0.3 is 4.74 Å². The summed E-state index contributed by atoms with van der Waals surface area (Å²) in [4.78, 5) is 18.2. The molecule has 0 unspecified atom stereocenters. The molecule has 0 amide bonds. The predicted octanol–water partition coefficient (Wildman–Crippen LogP) is 7.44. The van der Waals surface area contributed by atoms with Crippen molar-refractivity contribution in [2.45, 2.75) is 32.8 Å². The van der Waals surface area contributed by atoms with Gasteiger partial charge in [-0.2, -0.15) is 9.78 Å². The summed E-state index contributed by atoms with van der Waals surface area (Å²) in [6.07, 6.45) is 1.64. The number of aromatic nitrogens is 2. The summed E-state index contributed by atoms with van der Waals surface area (Å²) in [6.45, 7) is 6.44. The summed E-state index contributed by atoms with van der Waals surface area (Å²) < 4.78 is 10.2. The van der Waals surface area contributed by atoms with Crippen molar-refractivity contribution >= 4 is 64.9 Å². The zero-order valence-electron chi connectivity index (χ0n) is 18.8. The van der Waals surface area contributed by atoms with E-state index in [1.165, 1.54) is 4.68 Å². The molecule has 0 N–H and O–H groups in total. The molecule has 0 aliphatic rings. The van der Waals surface area contributed by atoms with Gasteiger partial charge in [0.05, 0.1) is 17.1 Å². The Bertz CT molecular complexity index is 1440. The third kappa shape index (κ3) is 5.67.